The molecule has 3 aromatic rings. The van der Waals surface area contributed by atoms with Crippen molar-refractivity contribution in [3.05, 3.63) is 46.0 Å². The van der Waals surface area contributed by atoms with Crippen LogP contribution in [0.4, 0.5) is 0 Å². The normalized spacial score (nSPS) is 15.8. The molecular formula is C21H20N2O5S. The van der Waals surface area contributed by atoms with E-state index in [4.69, 9.17) is 14.0 Å². The third-order valence-electron chi connectivity index (χ3n) is 4.48. The quantitative estimate of drug-likeness (QED) is 0.609. The molecule has 1 atom stereocenters. The van der Waals surface area contributed by atoms with Gasteiger partial charge in [0.25, 0.3) is 5.89 Å². The lowest BCUT2D eigenvalue weighted by atomic mass is 10.0. The molecule has 1 aliphatic rings. The van der Waals surface area contributed by atoms with Crippen molar-refractivity contribution in [3.8, 4) is 22.9 Å². The summed E-state index contributed by atoms with van der Waals surface area (Å²) < 4.78 is 17.0. The lowest BCUT2D eigenvalue weighted by Gasteiger charge is -2.11. The molecule has 8 heteroatoms. The minimum atomic E-state index is -0.990. The fourth-order valence-corrected chi connectivity index (χ4v) is 3.88. The predicted octanol–water partition coefficient (Wildman–Crippen LogP) is 4.54. The van der Waals surface area contributed by atoms with Crippen LogP contribution in [0.2, 0.25) is 0 Å². The van der Waals surface area contributed by atoms with Crippen LogP contribution < -0.4 is 9.47 Å². The van der Waals surface area contributed by atoms with Gasteiger partial charge >= 0.3 is 5.97 Å². The molecule has 0 saturated carbocycles. The number of carboxylic acids is 1. The highest BCUT2D eigenvalue weighted by molar-refractivity contribution is 7.08. The molecule has 0 radical (unpaired) electrons. The van der Waals surface area contributed by atoms with Crippen molar-refractivity contribution in [3.63, 3.8) is 0 Å². The molecule has 7 nitrogen and oxygen atoms in total. The highest BCUT2D eigenvalue weighted by Gasteiger charge is 2.23. The first-order chi connectivity index (χ1) is 14.0. The van der Waals surface area contributed by atoms with Crippen LogP contribution in [0.3, 0.4) is 0 Å². The van der Waals surface area contributed by atoms with Crippen LogP contribution in [-0.2, 0) is 11.2 Å². The standard InChI is InChI=1S/C21H20N2O5S/c1-3-26-17-8-14-6-12(2)27-18(14)9-15(17)7-16(10-19(24)25)21-22-20(23-28-21)13-4-5-29-11-13/h4-5,7-9,11-12H,3,6,10H2,1-2H3,(H,24,25)/b16-7+/t12-/m0/s1. The number of rotatable bonds is 7. The Kier molecular flexibility index (Phi) is 5.35. The molecule has 3 heterocycles. The zero-order chi connectivity index (χ0) is 20.4. The van der Waals surface area contributed by atoms with E-state index >= 15 is 0 Å². The molecule has 0 aliphatic carbocycles. The van der Waals surface area contributed by atoms with E-state index in [9.17, 15) is 9.90 Å². The van der Waals surface area contributed by atoms with Crippen LogP contribution in [0, 0.1) is 0 Å². The number of benzene rings is 1. The Balaban J connectivity index is 1.76. The van der Waals surface area contributed by atoms with Gasteiger partial charge in [0.1, 0.15) is 17.6 Å². The lowest BCUT2D eigenvalue weighted by Crippen LogP contribution is -2.05. The number of hydrogen-bond donors (Lipinski definition) is 1. The maximum Gasteiger partial charge on any atom is 0.308 e. The first-order valence-electron chi connectivity index (χ1n) is 9.29. The van der Waals surface area contributed by atoms with Gasteiger partial charge in [0.2, 0.25) is 5.82 Å². The van der Waals surface area contributed by atoms with E-state index in [0.717, 1.165) is 23.3 Å². The Hall–Kier alpha value is -3.13. The number of aromatic nitrogens is 2. The van der Waals surface area contributed by atoms with Crippen molar-refractivity contribution >= 4 is 29.0 Å². The molecule has 2 aromatic heterocycles. The van der Waals surface area contributed by atoms with Gasteiger partial charge in [-0.3, -0.25) is 4.79 Å². The van der Waals surface area contributed by atoms with Gasteiger partial charge in [0, 0.05) is 34.1 Å². The third-order valence-corrected chi connectivity index (χ3v) is 5.16. The Morgan fingerprint density at radius 1 is 1.45 bits per heavy atom. The number of hydrogen-bond acceptors (Lipinski definition) is 7. The summed E-state index contributed by atoms with van der Waals surface area (Å²) in [6, 6.07) is 5.71. The van der Waals surface area contributed by atoms with Gasteiger partial charge in [-0.25, -0.2) is 0 Å². The van der Waals surface area contributed by atoms with E-state index in [1.807, 2.05) is 42.8 Å². The zero-order valence-corrected chi connectivity index (χ0v) is 16.9. The molecule has 0 bridgehead atoms. The molecule has 0 unspecified atom stereocenters. The fourth-order valence-electron chi connectivity index (χ4n) is 3.25. The highest BCUT2D eigenvalue weighted by atomic mass is 32.1. The summed E-state index contributed by atoms with van der Waals surface area (Å²) in [5.41, 5.74) is 3.02. The Bertz CT molecular complexity index is 1060. The minimum absolute atomic E-state index is 0.0984. The average Bonchev–Trinajstić information content (AvgIpc) is 3.41. The molecule has 150 valence electrons. The summed E-state index contributed by atoms with van der Waals surface area (Å²) in [6.07, 6.45) is 2.37. The number of carboxylic acid groups (broad SMARTS) is 1. The van der Waals surface area contributed by atoms with Crippen molar-refractivity contribution in [2.75, 3.05) is 6.61 Å². The van der Waals surface area contributed by atoms with Crippen LogP contribution in [0.5, 0.6) is 11.5 Å². The van der Waals surface area contributed by atoms with Crippen molar-refractivity contribution < 1.29 is 23.9 Å². The Labute approximate surface area is 171 Å². The minimum Gasteiger partial charge on any atom is -0.493 e. The summed E-state index contributed by atoms with van der Waals surface area (Å²) >= 11 is 1.52. The molecule has 1 N–H and O–H groups in total. The molecule has 0 spiro atoms. The van der Waals surface area contributed by atoms with Crippen LogP contribution >= 0.6 is 11.3 Å². The molecule has 4 rings (SSSR count). The maximum absolute atomic E-state index is 11.5. The number of carbonyl (C=O) groups is 1. The molecule has 1 aromatic carbocycles. The van der Waals surface area contributed by atoms with Crippen LogP contribution in [-0.4, -0.2) is 33.9 Å². The largest absolute Gasteiger partial charge is 0.493 e. The van der Waals surface area contributed by atoms with Gasteiger partial charge in [0.05, 0.1) is 13.0 Å². The van der Waals surface area contributed by atoms with Crippen molar-refractivity contribution in [2.45, 2.75) is 32.8 Å². The Morgan fingerprint density at radius 2 is 2.31 bits per heavy atom. The maximum atomic E-state index is 11.5. The monoisotopic (exact) mass is 412 g/mol. The number of thiophene rings is 1. The van der Waals surface area contributed by atoms with Gasteiger partial charge < -0.3 is 19.1 Å². The fraction of sp³-hybridized carbons (Fsp3) is 0.286. The smallest absolute Gasteiger partial charge is 0.308 e. The van der Waals surface area contributed by atoms with Crippen molar-refractivity contribution in [1.29, 1.82) is 0 Å². The summed E-state index contributed by atoms with van der Waals surface area (Å²) in [5.74, 6) is 1.06. The molecule has 0 fully saturated rings. The van der Waals surface area contributed by atoms with E-state index in [1.54, 1.807) is 6.08 Å². The molecule has 29 heavy (non-hydrogen) atoms. The third kappa shape index (κ3) is 4.17. The molecular weight excluding hydrogens is 392 g/mol. The van der Waals surface area contributed by atoms with Crippen molar-refractivity contribution in [1.82, 2.24) is 10.1 Å². The molecule has 0 amide bonds. The lowest BCUT2D eigenvalue weighted by molar-refractivity contribution is -0.135. The topological polar surface area (TPSA) is 94.7 Å². The van der Waals surface area contributed by atoms with Gasteiger partial charge in [0.15, 0.2) is 0 Å². The number of nitrogens with zero attached hydrogens (tertiary/aromatic N) is 2. The first kappa shape index (κ1) is 19.2. The summed E-state index contributed by atoms with van der Waals surface area (Å²) in [5, 5.41) is 17.2. The highest BCUT2D eigenvalue weighted by Crippen LogP contribution is 2.37. The zero-order valence-electron chi connectivity index (χ0n) is 16.0. The second-order valence-electron chi connectivity index (χ2n) is 6.74. The van der Waals surface area contributed by atoms with Crippen molar-refractivity contribution in [2.24, 2.45) is 0 Å². The molecule has 0 saturated heterocycles. The van der Waals surface area contributed by atoms with Crippen LogP contribution in [0.25, 0.3) is 23.0 Å². The van der Waals surface area contributed by atoms with Gasteiger partial charge in [-0.15, -0.1) is 0 Å². The van der Waals surface area contributed by atoms with Gasteiger partial charge in [-0.1, -0.05) is 5.16 Å². The summed E-state index contributed by atoms with van der Waals surface area (Å²) in [7, 11) is 0. The van der Waals surface area contributed by atoms with E-state index < -0.39 is 5.97 Å². The number of aliphatic carboxylic acids is 1. The van der Waals surface area contributed by atoms with E-state index in [2.05, 4.69) is 10.1 Å². The summed E-state index contributed by atoms with van der Waals surface area (Å²) in [6.45, 7) is 4.41. The predicted molar refractivity (Wildman–Crippen MR) is 109 cm³/mol. The summed E-state index contributed by atoms with van der Waals surface area (Å²) in [4.78, 5) is 15.9. The van der Waals surface area contributed by atoms with E-state index in [1.165, 1.54) is 11.3 Å². The molecule has 1 aliphatic heterocycles. The van der Waals surface area contributed by atoms with Crippen LogP contribution in [0.1, 0.15) is 37.3 Å². The number of ether oxygens (including phenoxy) is 2. The SMILES string of the molecule is CCOc1cc2c(cc1/C=C(\CC(=O)O)c1nc(-c3ccsc3)no1)O[C@@H](C)C2. The van der Waals surface area contributed by atoms with Gasteiger partial charge in [-0.05, 0) is 43.5 Å². The second-order valence-corrected chi connectivity index (χ2v) is 7.52. The second kappa shape index (κ2) is 8.08. The first-order valence-corrected chi connectivity index (χ1v) is 10.2. The van der Waals surface area contributed by atoms with Crippen LogP contribution in [0.15, 0.2) is 33.5 Å². The Morgan fingerprint density at radius 3 is 3.03 bits per heavy atom. The van der Waals surface area contributed by atoms with Gasteiger partial charge in [-0.2, -0.15) is 16.3 Å². The average molecular weight is 412 g/mol. The number of fused-ring (bicyclic) bond motifs is 1. The van der Waals surface area contributed by atoms with E-state index in [0.29, 0.717) is 29.3 Å². The van der Waals surface area contributed by atoms with E-state index in [-0.39, 0.29) is 18.4 Å².